The number of amides is 2. The smallest absolute Gasteiger partial charge is 0.269 e. The van der Waals surface area contributed by atoms with Crippen LogP contribution in [0.4, 0.5) is 5.69 Å². The van der Waals surface area contributed by atoms with Crippen molar-refractivity contribution in [1.29, 1.82) is 0 Å². The van der Waals surface area contributed by atoms with Gasteiger partial charge in [0.05, 0.1) is 11.5 Å². The van der Waals surface area contributed by atoms with E-state index in [0.717, 1.165) is 23.3 Å². The number of non-ortho nitro benzene ring substituents is 1. The number of aryl methyl sites for hydroxylation is 1. The number of nitro groups is 1. The minimum absolute atomic E-state index is 0.0162. The molecular weight excluding hydrogens is 438 g/mol. The van der Waals surface area contributed by atoms with Gasteiger partial charge >= 0.3 is 0 Å². The van der Waals surface area contributed by atoms with E-state index < -0.39 is 4.92 Å². The van der Waals surface area contributed by atoms with Crippen LogP contribution in [0.15, 0.2) is 66.7 Å². The lowest BCUT2D eigenvalue weighted by molar-refractivity contribution is -0.384. The Morgan fingerprint density at radius 2 is 1.70 bits per heavy atom. The van der Waals surface area contributed by atoms with Crippen molar-refractivity contribution >= 4 is 28.8 Å². The third-order valence-electron chi connectivity index (χ3n) is 5.59. The van der Waals surface area contributed by atoms with Crippen molar-refractivity contribution in [3.63, 3.8) is 0 Å². The number of hydrogen-bond donors (Lipinski definition) is 0. The lowest BCUT2D eigenvalue weighted by Crippen LogP contribution is -2.43. The quantitative estimate of drug-likeness (QED) is 0.337. The molecule has 0 radical (unpaired) electrons. The minimum Gasteiger partial charge on any atom is -0.332 e. The van der Waals surface area contributed by atoms with Gasteiger partial charge in [-0.1, -0.05) is 30.3 Å². The van der Waals surface area contributed by atoms with Crippen LogP contribution < -0.4 is 0 Å². The Hall–Kier alpha value is -3.52. The van der Waals surface area contributed by atoms with E-state index in [-0.39, 0.29) is 30.1 Å². The van der Waals surface area contributed by atoms with Gasteiger partial charge in [-0.2, -0.15) is 0 Å². The second-order valence-electron chi connectivity index (χ2n) is 8.22. The van der Waals surface area contributed by atoms with Crippen molar-refractivity contribution in [3.8, 4) is 0 Å². The van der Waals surface area contributed by atoms with E-state index in [2.05, 4.69) is 0 Å². The highest BCUT2D eigenvalue weighted by Crippen LogP contribution is 2.29. The van der Waals surface area contributed by atoms with Gasteiger partial charge in [-0.25, -0.2) is 0 Å². The lowest BCUT2D eigenvalue weighted by atomic mass is 10.1. The van der Waals surface area contributed by atoms with E-state index in [0.29, 0.717) is 18.7 Å². The van der Waals surface area contributed by atoms with Crippen LogP contribution in [-0.4, -0.2) is 39.1 Å². The van der Waals surface area contributed by atoms with Crippen molar-refractivity contribution in [2.45, 2.75) is 38.9 Å². The molecule has 170 valence electrons. The van der Waals surface area contributed by atoms with Gasteiger partial charge in [-0.15, -0.1) is 11.3 Å². The molecule has 0 bridgehead atoms. The fourth-order valence-electron chi connectivity index (χ4n) is 3.68. The van der Waals surface area contributed by atoms with Gasteiger partial charge in [0.15, 0.2) is 0 Å². The molecule has 3 aromatic rings. The van der Waals surface area contributed by atoms with E-state index in [1.807, 2.05) is 49.4 Å². The fourth-order valence-corrected chi connectivity index (χ4v) is 4.59. The number of carbonyl (C=O) groups is 2. The van der Waals surface area contributed by atoms with E-state index in [4.69, 9.17) is 0 Å². The first kappa shape index (κ1) is 22.7. The molecule has 0 N–H and O–H groups in total. The first-order chi connectivity index (χ1) is 15.9. The Morgan fingerprint density at radius 1 is 1.00 bits per heavy atom. The Labute approximate surface area is 196 Å². The number of rotatable bonds is 9. The number of carbonyl (C=O) groups excluding carboxylic acids is 2. The van der Waals surface area contributed by atoms with Gasteiger partial charge in [0.2, 0.25) is 5.91 Å². The largest absolute Gasteiger partial charge is 0.332 e. The number of thiophene rings is 1. The van der Waals surface area contributed by atoms with Gasteiger partial charge in [0, 0.05) is 40.0 Å². The molecule has 1 aliphatic carbocycles. The third-order valence-corrected chi connectivity index (χ3v) is 6.58. The molecule has 1 heterocycles. The molecule has 1 aromatic heterocycles. The summed E-state index contributed by atoms with van der Waals surface area (Å²) in [5.74, 6) is -0.389. The summed E-state index contributed by atoms with van der Waals surface area (Å²) in [6.07, 6.45) is 1.71. The summed E-state index contributed by atoms with van der Waals surface area (Å²) in [5, 5.41) is 10.9. The number of nitro benzene ring substituents is 1. The van der Waals surface area contributed by atoms with Crippen LogP contribution in [0.25, 0.3) is 0 Å². The molecule has 7 nitrogen and oxygen atoms in total. The van der Waals surface area contributed by atoms with Crippen LogP contribution in [0.5, 0.6) is 0 Å². The molecule has 0 spiro atoms. The summed E-state index contributed by atoms with van der Waals surface area (Å²) in [7, 11) is 0. The number of hydrogen-bond acceptors (Lipinski definition) is 5. The summed E-state index contributed by atoms with van der Waals surface area (Å²) in [4.78, 5) is 42.7. The molecule has 1 aliphatic rings. The molecular formula is C25H25N3O4S. The van der Waals surface area contributed by atoms with Crippen LogP contribution in [0.1, 0.15) is 38.5 Å². The standard InChI is InChI=1S/C25H25N3O4S/c1-18-7-14-23(33-18)16-26(15-19-5-3-2-4-6-19)24(29)17-27(21-12-13-21)25(30)20-8-10-22(11-9-20)28(31)32/h2-11,14,21H,12-13,15-17H2,1H3. The second kappa shape index (κ2) is 9.95. The van der Waals surface area contributed by atoms with Gasteiger partial charge < -0.3 is 9.80 Å². The van der Waals surface area contributed by atoms with Crippen molar-refractivity contribution < 1.29 is 14.5 Å². The monoisotopic (exact) mass is 463 g/mol. The van der Waals surface area contributed by atoms with Gasteiger partial charge in [0.25, 0.3) is 11.6 Å². The first-order valence-corrected chi connectivity index (χ1v) is 11.6. The maximum Gasteiger partial charge on any atom is 0.269 e. The van der Waals surface area contributed by atoms with Crippen LogP contribution in [0.2, 0.25) is 0 Å². The zero-order valence-electron chi connectivity index (χ0n) is 18.3. The maximum absolute atomic E-state index is 13.4. The first-order valence-electron chi connectivity index (χ1n) is 10.8. The summed E-state index contributed by atoms with van der Waals surface area (Å²) >= 11 is 1.66. The van der Waals surface area contributed by atoms with E-state index in [9.17, 15) is 19.7 Å². The topological polar surface area (TPSA) is 83.8 Å². The molecule has 0 unspecified atom stereocenters. The Bertz CT molecular complexity index is 1140. The van der Waals surface area contributed by atoms with Gasteiger partial charge in [-0.05, 0) is 49.6 Å². The zero-order valence-corrected chi connectivity index (χ0v) is 19.2. The van der Waals surface area contributed by atoms with E-state index in [1.54, 1.807) is 21.1 Å². The van der Waals surface area contributed by atoms with E-state index >= 15 is 0 Å². The minimum atomic E-state index is -0.496. The van der Waals surface area contributed by atoms with Crippen molar-refractivity contribution in [3.05, 3.63) is 97.7 Å². The van der Waals surface area contributed by atoms with Crippen LogP contribution in [0.3, 0.4) is 0 Å². The predicted molar refractivity (Wildman–Crippen MR) is 127 cm³/mol. The summed E-state index contributed by atoms with van der Waals surface area (Å²) in [6.45, 7) is 2.96. The molecule has 8 heteroatoms. The number of benzene rings is 2. The summed E-state index contributed by atoms with van der Waals surface area (Å²) < 4.78 is 0. The molecule has 0 aliphatic heterocycles. The molecule has 1 fully saturated rings. The predicted octanol–water partition coefficient (Wildman–Crippen LogP) is 4.80. The summed E-state index contributed by atoms with van der Waals surface area (Å²) in [6, 6.07) is 19.5. The summed E-state index contributed by atoms with van der Waals surface area (Å²) in [5.41, 5.74) is 1.31. The highest BCUT2D eigenvalue weighted by molar-refractivity contribution is 7.11. The average molecular weight is 464 g/mol. The second-order valence-corrected chi connectivity index (χ2v) is 9.59. The van der Waals surface area contributed by atoms with Gasteiger partial charge in [0.1, 0.15) is 6.54 Å². The molecule has 33 heavy (non-hydrogen) atoms. The molecule has 2 aromatic carbocycles. The van der Waals surface area contributed by atoms with E-state index in [1.165, 1.54) is 29.1 Å². The highest BCUT2D eigenvalue weighted by atomic mass is 32.1. The third kappa shape index (κ3) is 5.84. The Morgan fingerprint density at radius 3 is 2.27 bits per heavy atom. The van der Waals surface area contributed by atoms with Crippen LogP contribution >= 0.6 is 11.3 Å². The average Bonchev–Trinajstić information content (AvgIpc) is 3.58. The molecule has 0 saturated heterocycles. The van der Waals surface area contributed by atoms with Crippen LogP contribution in [0, 0.1) is 17.0 Å². The molecule has 0 atom stereocenters. The Balaban J connectivity index is 1.52. The normalized spacial score (nSPS) is 12.9. The molecule has 1 saturated carbocycles. The lowest BCUT2D eigenvalue weighted by Gasteiger charge is -2.28. The van der Waals surface area contributed by atoms with Crippen molar-refractivity contribution in [1.82, 2.24) is 9.80 Å². The van der Waals surface area contributed by atoms with Crippen LogP contribution in [-0.2, 0) is 17.9 Å². The SMILES string of the molecule is Cc1ccc(CN(Cc2ccccc2)C(=O)CN(C(=O)c2ccc([N+](=O)[O-])cc2)C2CC2)s1. The highest BCUT2D eigenvalue weighted by Gasteiger charge is 2.35. The fraction of sp³-hybridized carbons (Fsp3) is 0.280. The van der Waals surface area contributed by atoms with Crippen molar-refractivity contribution in [2.24, 2.45) is 0 Å². The van der Waals surface area contributed by atoms with Gasteiger partial charge in [-0.3, -0.25) is 19.7 Å². The maximum atomic E-state index is 13.4. The molecule has 4 rings (SSSR count). The number of nitrogens with zero attached hydrogens (tertiary/aromatic N) is 3. The zero-order chi connectivity index (χ0) is 23.4. The Kier molecular flexibility index (Phi) is 6.84. The van der Waals surface area contributed by atoms with Crippen molar-refractivity contribution in [2.75, 3.05) is 6.54 Å². The molecule has 2 amide bonds.